The van der Waals surface area contributed by atoms with Crippen molar-refractivity contribution in [1.82, 2.24) is 0 Å². The topological polar surface area (TPSA) is 27.7 Å². The summed E-state index contributed by atoms with van der Waals surface area (Å²) in [4.78, 5) is 3.38. The Morgan fingerprint density at radius 2 is 1.12 bits per heavy atom. The zero-order chi connectivity index (χ0) is 18.6. The second kappa shape index (κ2) is 8.06. The highest BCUT2D eigenvalue weighted by molar-refractivity contribution is 9.58. The van der Waals surface area contributed by atoms with Gasteiger partial charge in [0.15, 0.2) is 11.5 Å². The molecule has 3 aromatic carbocycles. The molecule has 0 saturated carbocycles. The number of benzene rings is 3. The Balaban J connectivity index is 2.34. The molecule has 3 rings (SSSR count). The Morgan fingerprint density at radius 3 is 1.54 bits per heavy atom. The lowest BCUT2D eigenvalue weighted by molar-refractivity contribution is 0.319. The first kappa shape index (κ1) is 18.7. The van der Waals surface area contributed by atoms with Gasteiger partial charge in [-0.2, -0.15) is 0 Å². The molecular weight excluding hydrogens is 412 g/mol. The van der Waals surface area contributed by atoms with E-state index in [4.69, 9.17) is 14.2 Å². The van der Waals surface area contributed by atoms with Crippen LogP contribution in [0.5, 0.6) is 17.2 Å². The third-order valence-electron chi connectivity index (χ3n) is 4.11. The van der Waals surface area contributed by atoms with Crippen LogP contribution < -0.4 is 14.2 Å². The van der Waals surface area contributed by atoms with Crippen molar-refractivity contribution >= 4 is 23.3 Å². The van der Waals surface area contributed by atoms with Crippen molar-refractivity contribution in [3.05, 3.63) is 72.8 Å². The lowest BCUT2D eigenvalue weighted by Crippen LogP contribution is -2.02. The normalized spacial score (nSPS) is 11.7. The smallest absolute Gasteiger partial charge is 0.204 e. The standard InChI is InChI=1S/C21H21BrO3S/c1-23-18-14-15-19(21(25-3)20(18)24-2)26(22,16-10-6-4-7-11-16)17-12-8-5-9-13-17/h4-15H,1-3H3. The van der Waals surface area contributed by atoms with E-state index in [1.54, 1.807) is 21.3 Å². The summed E-state index contributed by atoms with van der Waals surface area (Å²) in [7, 11) is 3.18. The van der Waals surface area contributed by atoms with E-state index in [0.717, 1.165) is 4.90 Å². The Hall–Kier alpha value is -2.11. The summed E-state index contributed by atoms with van der Waals surface area (Å²) < 4.78 is 16.8. The molecule has 0 heterocycles. The molecule has 0 aliphatic heterocycles. The quantitative estimate of drug-likeness (QED) is 0.456. The van der Waals surface area contributed by atoms with Crippen molar-refractivity contribution in [2.45, 2.75) is 14.7 Å². The molecule has 26 heavy (non-hydrogen) atoms. The molecule has 0 saturated heterocycles. The van der Waals surface area contributed by atoms with Gasteiger partial charge >= 0.3 is 0 Å². The Morgan fingerprint density at radius 1 is 0.615 bits per heavy atom. The second-order valence-electron chi connectivity index (χ2n) is 5.50. The van der Waals surface area contributed by atoms with Gasteiger partial charge in [-0.05, 0) is 51.2 Å². The lowest BCUT2D eigenvalue weighted by atomic mass is 10.3. The van der Waals surface area contributed by atoms with Gasteiger partial charge < -0.3 is 14.2 Å². The van der Waals surface area contributed by atoms with Crippen LogP contribution in [0.4, 0.5) is 0 Å². The van der Waals surface area contributed by atoms with Crippen molar-refractivity contribution in [3.8, 4) is 17.2 Å². The SMILES string of the molecule is COc1ccc(S(Br)(c2ccccc2)c2ccccc2)c(OC)c1OC. The summed E-state index contributed by atoms with van der Waals surface area (Å²) in [6, 6.07) is 24.7. The fraction of sp³-hybridized carbons (Fsp3) is 0.143. The van der Waals surface area contributed by atoms with Gasteiger partial charge in [-0.15, -0.1) is 0 Å². The highest BCUT2D eigenvalue weighted by atomic mass is 79.9. The molecule has 0 spiro atoms. The monoisotopic (exact) mass is 432 g/mol. The van der Waals surface area contributed by atoms with Crippen molar-refractivity contribution in [2.75, 3.05) is 21.3 Å². The van der Waals surface area contributed by atoms with Gasteiger partial charge in [0.2, 0.25) is 5.75 Å². The van der Waals surface area contributed by atoms with Gasteiger partial charge in [-0.1, -0.05) is 44.9 Å². The first-order valence-electron chi connectivity index (χ1n) is 8.09. The minimum Gasteiger partial charge on any atom is -0.493 e. The van der Waals surface area contributed by atoms with E-state index >= 15 is 0 Å². The highest BCUT2D eigenvalue weighted by Crippen LogP contribution is 2.76. The molecule has 3 aromatic rings. The van der Waals surface area contributed by atoms with Crippen LogP contribution in [0.15, 0.2) is 87.5 Å². The van der Waals surface area contributed by atoms with Crippen LogP contribution in [-0.4, -0.2) is 21.3 Å². The molecular formula is C21H21BrO3S. The average molecular weight is 433 g/mol. The van der Waals surface area contributed by atoms with Crippen LogP contribution in [0.3, 0.4) is 0 Å². The number of halogens is 1. The molecule has 0 N–H and O–H groups in total. The maximum atomic E-state index is 5.78. The third-order valence-corrected chi connectivity index (χ3v) is 10.2. The number of hydrogen-bond acceptors (Lipinski definition) is 3. The summed E-state index contributed by atoms with van der Waals surface area (Å²) >= 11 is 4.12. The second-order valence-corrected chi connectivity index (χ2v) is 10.9. The van der Waals surface area contributed by atoms with Gasteiger partial charge in [-0.3, -0.25) is 0 Å². The van der Waals surface area contributed by atoms with Crippen LogP contribution >= 0.6 is 23.3 Å². The van der Waals surface area contributed by atoms with Gasteiger partial charge in [-0.25, -0.2) is 0 Å². The summed E-state index contributed by atoms with van der Waals surface area (Å²) in [5, 5.41) is 0. The molecule has 0 amide bonds. The molecule has 0 atom stereocenters. The van der Waals surface area contributed by atoms with Crippen LogP contribution in [0.1, 0.15) is 0 Å². The maximum absolute atomic E-state index is 5.78. The van der Waals surface area contributed by atoms with Crippen LogP contribution in [0, 0.1) is 0 Å². The molecule has 0 aromatic heterocycles. The average Bonchev–Trinajstić information content (AvgIpc) is 2.73. The maximum Gasteiger partial charge on any atom is 0.204 e. The first-order valence-corrected chi connectivity index (χ1v) is 11.6. The minimum absolute atomic E-state index is 0.593. The van der Waals surface area contributed by atoms with Gasteiger partial charge in [0, 0.05) is 9.79 Å². The van der Waals surface area contributed by atoms with E-state index in [-0.39, 0.29) is 0 Å². The van der Waals surface area contributed by atoms with Gasteiger partial charge in [0.1, 0.15) is 0 Å². The zero-order valence-electron chi connectivity index (χ0n) is 14.9. The minimum atomic E-state index is -1.72. The number of hydrogen-bond donors (Lipinski definition) is 0. The predicted octanol–water partition coefficient (Wildman–Crippen LogP) is 6.30. The summed E-state index contributed by atoms with van der Waals surface area (Å²) in [5.74, 6) is 1.91. The van der Waals surface area contributed by atoms with Gasteiger partial charge in [0.25, 0.3) is 0 Å². The van der Waals surface area contributed by atoms with Gasteiger partial charge in [0.05, 0.1) is 26.2 Å². The molecule has 3 nitrogen and oxygen atoms in total. The van der Waals surface area contributed by atoms with E-state index in [2.05, 4.69) is 63.3 Å². The number of ether oxygens (including phenoxy) is 3. The van der Waals surface area contributed by atoms with Crippen LogP contribution in [0.2, 0.25) is 0 Å². The fourth-order valence-corrected chi connectivity index (χ4v) is 7.49. The van der Waals surface area contributed by atoms with E-state index in [9.17, 15) is 0 Å². The van der Waals surface area contributed by atoms with E-state index in [0.29, 0.717) is 17.2 Å². The molecule has 0 aliphatic rings. The molecule has 0 bridgehead atoms. The first-order chi connectivity index (χ1) is 12.7. The van der Waals surface area contributed by atoms with Crippen molar-refractivity contribution in [2.24, 2.45) is 0 Å². The molecule has 5 heteroatoms. The predicted molar refractivity (Wildman–Crippen MR) is 110 cm³/mol. The third kappa shape index (κ3) is 3.17. The van der Waals surface area contributed by atoms with Crippen molar-refractivity contribution in [1.29, 1.82) is 0 Å². The lowest BCUT2D eigenvalue weighted by Gasteiger charge is -2.36. The summed E-state index contributed by atoms with van der Waals surface area (Å²) in [5.41, 5.74) is 0. The number of rotatable bonds is 6. The Labute approximate surface area is 163 Å². The van der Waals surface area contributed by atoms with Crippen molar-refractivity contribution in [3.63, 3.8) is 0 Å². The molecule has 0 fully saturated rings. The van der Waals surface area contributed by atoms with Crippen molar-refractivity contribution < 1.29 is 14.2 Å². The van der Waals surface area contributed by atoms with E-state index < -0.39 is 8.46 Å². The molecule has 136 valence electrons. The fourth-order valence-electron chi connectivity index (χ4n) is 2.90. The Kier molecular flexibility index (Phi) is 5.79. The Bertz CT molecular complexity index is 830. The van der Waals surface area contributed by atoms with Crippen LogP contribution in [-0.2, 0) is 0 Å². The largest absolute Gasteiger partial charge is 0.493 e. The molecule has 0 aliphatic carbocycles. The number of methoxy groups -OCH3 is 3. The van der Waals surface area contributed by atoms with E-state index in [1.807, 2.05) is 24.3 Å². The molecule has 0 radical (unpaired) electrons. The highest BCUT2D eigenvalue weighted by Gasteiger charge is 2.33. The van der Waals surface area contributed by atoms with Crippen LogP contribution in [0.25, 0.3) is 0 Å². The summed E-state index contributed by atoms with van der Waals surface area (Å²) in [6.07, 6.45) is 0. The van der Waals surface area contributed by atoms with E-state index in [1.165, 1.54) is 9.79 Å². The molecule has 0 unspecified atom stereocenters. The zero-order valence-corrected chi connectivity index (χ0v) is 17.3. The summed E-state index contributed by atoms with van der Waals surface area (Å²) in [6.45, 7) is 0.